The van der Waals surface area contributed by atoms with E-state index in [1.807, 2.05) is 6.07 Å². The van der Waals surface area contributed by atoms with Crippen LogP contribution in [0.3, 0.4) is 0 Å². The summed E-state index contributed by atoms with van der Waals surface area (Å²) in [6, 6.07) is 3.71. The molecule has 2 atom stereocenters. The maximum absolute atomic E-state index is 13.3. The van der Waals surface area contributed by atoms with Crippen LogP contribution < -0.4 is 11.1 Å². The van der Waals surface area contributed by atoms with Crippen LogP contribution >= 0.6 is 0 Å². The van der Waals surface area contributed by atoms with E-state index in [1.54, 1.807) is 6.92 Å². The van der Waals surface area contributed by atoms with Crippen molar-refractivity contribution in [2.24, 2.45) is 5.92 Å². The van der Waals surface area contributed by atoms with Gasteiger partial charge in [0.25, 0.3) is 0 Å². The van der Waals surface area contributed by atoms with Crippen molar-refractivity contribution in [3.63, 3.8) is 0 Å². The van der Waals surface area contributed by atoms with Crippen LogP contribution in [-0.2, 0) is 0 Å². The molecule has 3 N–H and O–H groups in total. The fraction of sp³-hybridized carbons (Fsp3) is 0.600. The fourth-order valence-electron chi connectivity index (χ4n) is 2.67. The minimum absolute atomic E-state index is 0.229. The Morgan fingerprint density at radius 1 is 1.22 bits per heavy atom. The maximum Gasteiger partial charge on any atom is 0.128 e. The van der Waals surface area contributed by atoms with Gasteiger partial charge in [0.15, 0.2) is 0 Å². The lowest BCUT2D eigenvalue weighted by Crippen LogP contribution is -2.19. The van der Waals surface area contributed by atoms with Gasteiger partial charge in [0, 0.05) is 6.04 Å². The molecule has 0 aromatic heterocycles. The molecule has 1 aliphatic rings. The average Bonchev–Trinajstić information content (AvgIpc) is 2.51. The second kappa shape index (κ2) is 5.59. The molecule has 0 saturated heterocycles. The van der Waals surface area contributed by atoms with E-state index in [0.717, 1.165) is 11.6 Å². The van der Waals surface area contributed by atoms with Gasteiger partial charge in [-0.3, -0.25) is 0 Å². The average molecular weight is 250 g/mol. The molecule has 1 aliphatic carbocycles. The highest BCUT2D eigenvalue weighted by atomic mass is 19.1. The van der Waals surface area contributed by atoms with Gasteiger partial charge in [0.1, 0.15) is 5.82 Å². The zero-order valence-electron chi connectivity index (χ0n) is 11.3. The number of benzene rings is 1. The van der Waals surface area contributed by atoms with Crippen LogP contribution in [0.4, 0.5) is 15.8 Å². The van der Waals surface area contributed by atoms with Crippen LogP contribution in [0.25, 0.3) is 0 Å². The van der Waals surface area contributed by atoms with Gasteiger partial charge in [0.2, 0.25) is 0 Å². The second-order valence-electron chi connectivity index (χ2n) is 5.64. The van der Waals surface area contributed by atoms with Crippen molar-refractivity contribution in [1.29, 1.82) is 0 Å². The molecule has 2 rings (SSSR count). The summed E-state index contributed by atoms with van der Waals surface area (Å²) in [7, 11) is 0. The molecular weight excluding hydrogens is 227 g/mol. The van der Waals surface area contributed by atoms with E-state index in [0.29, 0.717) is 17.3 Å². The lowest BCUT2D eigenvalue weighted by molar-refractivity contribution is 0.502. The van der Waals surface area contributed by atoms with E-state index in [2.05, 4.69) is 12.2 Å². The van der Waals surface area contributed by atoms with Crippen LogP contribution in [0.15, 0.2) is 12.1 Å². The van der Waals surface area contributed by atoms with Gasteiger partial charge < -0.3 is 11.1 Å². The van der Waals surface area contributed by atoms with Crippen molar-refractivity contribution in [1.82, 2.24) is 0 Å². The van der Waals surface area contributed by atoms with Crippen LogP contribution in [0, 0.1) is 18.7 Å². The monoisotopic (exact) mass is 250 g/mol. The highest BCUT2D eigenvalue weighted by Crippen LogP contribution is 2.28. The molecule has 2 unspecified atom stereocenters. The van der Waals surface area contributed by atoms with Crippen molar-refractivity contribution in [3.8, 4) is 0 Å². The molecule has 0 radical (unpaired) electrons. The topological polar surface area (TPSA) is 38.0 Å². The SMILES string of the molecule is Cc1cc(NC2CCCC(C)CC2)c(N)cc1F. The van der Waals surface area contributed by atoms with Gasteiger partial charge in [-0.25, -0.2) is 4.39 Å². The number of nitrogens with two attached hydrogens (primary N) is 1. The Morgan fingerprint density at radius 3 is 2.78 bits per heavy atom. The first-order chi connectivity index (χ1) is 8.56. The summed E-state index contributed by atoms with van der Waals surface area (Å²) < 4.78 is 13.3. The Bertz CT molecular complexity index is 417. The number of rotatable bonds is 2. The van der Waals surface area contributed by atoms with E-state index in [4.69, 9.17) is 5.73 Å². The molecule has 1 aromatic carbocycles. The number of nitrogens with one attached hydrogen (secondary N) is 1. The zero-order valence-corrected chi connectivity index (χ0v) is 11.3. The van der Waals surface area contributed by atoms with Crippen molar-refractivity contribution >= 4 is 11.4 Å². The van der Waals surface area contributed by atoms with Gasteiger partial charge in [0.05, 0.1) is 11.4 Å². The number of hydrogen-bond donors (Lipinski definition) is 2. The van der Waals surface area contributed by atoms with Gasteiger partial charge in [-0.2, -0.15) is 0 Å². The molecule has 3 heteroatoms. The van der Waals surface area contributed by atoms with E-state index < -0.39 is 0 Å². The first kappa shape index (κ1) is 13.2. The molecule has 1 aromatic rings. The molecule has 0 amide bonds. The first-order valence-corrected chi connectivity index (χ1v) is 6.88. The summed E-state index contributed by atoms with van der Waals surface area (Å²) in [5, 5.41) is 3.49. The summed E-state index contributed by atoms with van der Waals surface area (Å²) in [5.41, 5.74) is 7.91. The Balaban J connectivity index is 2.06. The molecule has 0 bridgehead atoms. The lowest BCUT2D eigenvalue weighted by atomic mass is 10.0. The summed E-state index contributed by atoms with van der Waals surface area (Å²) in [6.07, 6.45) is 6.20. The number of hydrogen-bond acceptors (Lipinski definition) is 2. The van der Waals surface area contributed by atoms with E-state index >= 15 is 0 Å². The van der Waals surface area contributed by atoms with E-state index in [1.165, 1.54) is 38.2 Å². The van der Waals surface area contributed by atoms with Crippen molar-refractivity contribution in [3.05, 3.63) is 23.5 Å². The third-order valence-electron chi connectivity index (χ3n) is 3.95. The molecule has 0 spiro atoms. The second-order valence-corrected chi connectivity index (χ2v) is 5.64. The van der Waals surface area contributed by atoms with Crippen LogP contribution in [0.2, 0.25) is 0 Å². The first-order valence-electron chi connectivity index (χ1n) is 6.88. The normalized spacial score (nSPS) is 24.6. The van der Waals surface area contributed by atoms with Crippen molar-refractivity contribution in [2.75, 3.05) is 11.1 Å². The number of aryl methyl sites for hydroxylation is 1. The Morgan fingerprint density at radius 2 is 2.00 bits per heavy atom. The van der Waals surface area contributed by atoms with E-state index in [9.17, 15) is 4.39 Å². The predicted molar refractivity (Wildman–Crippen MR) is 75.2 cm³/mol. The van der Waals surface area contributed by atoms with Crippen molar-refractivity contribution in [2.45, 2.75) is 52.0 Å². The molecule has 1 fully saturated rings. The largest absolute Gasteiger partial charge is 0.397 e. The summed E-state index contributed by atoms with van der Waals surface area (Å²) in [5.74, 6) is 0.594. The zero-order chi connectivity index (χ0) is 13.1. The van der Waals surface area contributed by atoms with Crippen LogP contribution in [0.1, 0.15) is 44.6 Å². The molecule has 2 nitrogen and oxygen atoms in total. The molecule has 18 heavy (non-hydrogen) atoms. The van der Waals surface area contributed by atoms with Gasteiger partial charge in [-0.1, -0.05) is 19.8 Å². The lowest BCUT2D eigenvalue weighted by Gasteiger charge is -2.19. The van der Waals surface area contributed by atoms with Gasteiger partial charge >= 0.3 is 0 Å². The number of nitrogen functional groups attached to an aromatic ring is 1. The van der Waals surface area contributed by atoms with Gasteiger partial charge in [-0.15, -0.1) is 0 Å². The molecule has 1 saturated carbocycles. The van der Waals surface area contributed by atoms with Crippen molar-refractivity contribution < 1.29 is 4.39 Å². The quantitative estimate of drug-likeness (QED) is 0.612. The third-order valence-corrected chi connectivity index (χ3v) is 3.95. The summed E-state index contributed by atoms with van der Waals surface area (Å²) >= 11 is 0. The molecule has 0 aliphatic heterocycles. The fourth-order valence-corrected chi connectivity index (χ4v) is 2.67. The van der Waals surface area contributed by atoms with Crippen LogP contribution in [-0.4, -0.2) is 6.04 Å². The van der Waals surface area contributed by atoms with Gasteiger partial charge in [-0.05, 0) is 49.8 Å². The Kier molecular flexibility index (Phi) is 4.10. The standard InChI is InChI=1S/C15H23FN2/c1-10-4-3-5-12(7-6-10)18-15-8-11(2)13(16)9-14(15)17/h8-10,12,18H,3-7,17H2,1-2H3. The highest BCUT2D eigenvalue weighted by Gasteiger charge is 2.17. The molecule has 100 valence electrons. The smallest absolute Gasteiger partial charge is 0.128 e. The number of anilines is 2. The third kappa shape index (κ3) is 3.15. The summed E-state index contributed by atoms with van der Waals surface area (Å²) in [4.78, 5) is 0. The molecule has 0 heterocycles. The van der Waals surface area contributed by atoms with E-state index in [-0.39, 0.29) is 5.82 Å². The van der Waals surface area contributed by atoms with Crippen LogP contribution in [0.5, 0.6) is 0 Å². The maximum atomic E-state index is 13.3. The predicted octanol–water partition coefficient (Wildman–Crippen LogP) is 4.10. The Labute approximate surface area is 109 Å². The Hall–Kier alpha value is -1.25. The highest BCUT2D eigenvalue weighted by molar-refractivity contribution is 5.67. The minimum atomic E-state index is -0.229. The minimum Gasteiger partial charge on any atom is -0.397 e. The molecular formula is C15H23FN2. The number of halogens is 1. The summed E-state index contributed by atoms with van der Waals surface area (Å²) in [6.45, 7) is 4.09.